The van der Waals surface area contributed by atoms with Crippen LogP contribution in [0.1, 0.15) is 41.0 Å². The van der Waals surface area contributed by atoms with Crippen molar-refractivity contribution in [3.8, 4) is 0 Å². The molecule has 0 aliphatic heterocycles. The van der Waals surface area contributed by atoms with Crippen LogP contribution in [-0.2, 0) is 4.79 Å². The molecule has 0 spiro atoms. The SMILES string of the molecule is CCC(=O)[C@@H](C)N(C)C(C)(C)C. The molecule has 0 N–H and O–H groups in total. The largest absolute Gasteiger partial charge is 0.298 e. The van der Waals surface area contributed by atoms with Crippen molar-refractivity contribution in [1.29, 1.82) is 0 Å². The van der Waals surface area contributed by atoms with Crippen LogP contribution in [0.15, 0.2) is 0 Å². The summed E-state index contributed by atoms with van der Waals surface area (Å²) < 4.78 is 0. The summed E-state index contributed by atoms with van der Waals surface area (Å²) in [6, 6.07) is 0.0370. The van der Waals surface area contributed by atoms with Crippen LogP contribution in [0.25, 0.3) is 0 Å². The van der Waals surface area contributed by atoms with Crippen molar-refractivity contribution in [3.63, 3.8) is 0 Å². The third-order valence-corrected chi connectivity index (χ3v) is 2.45. The number of nitrogens with zero attached hydrogens (tertiary/aromatic N) is 1. The van der Waals surface area contributed by atoms with Gasteiger partial charge in [-0.2, -0.15) is 0 Å². The summed E-state index contributed by atoms with van der Waals surface area (Å²) in [5, 5.41) is 0. The van der Waals surface area contributed by atoms with Crippen LogP contribution in [0.2, 0.25) is 0 Å². The molecule has 72 valence electrons. The maximum Gasteiger partial charge on any atom is 0.149 e. The first kappa shape index (κ1) is 11.6. The van der Waals surface area contributed by atoms with E-state index in [1.165, 1.54) is 0 Å². The van der Waals surface area contributed by atoms with Gasteiger partial charge in [0.25, 0.3) is 0 Å². The third-order valence-electron chi connectivity index (χ3n) is 2.45. The maximum atomic E-state index is 11.4. The molecule has 0 saturated heterocycles. The molecule has 0 amide bonds. The Labute approximate surface area is 75.9 Å². The van der Waals surface area contributed by atoms with Crippen LogP contribution in [0.5, 0.6) is 0 Å². The second-order valence-corrected chi connectivity index (χ2v) is 4.28. The smallest absolute Gasteiger partial charge is 0.149 e. The lowest BCUT2D eigenvalue weighted by Crippen LogP contribution is -2.47. The van der Waals surface area contributed by atoms with Gasteiger partial charge in [0.05, 0.1) is 6.04 Å². The maximum absolute atomic E-state index is 11.4. The fraction of sp³-hybridized carbons (Fsp3) is 0.900. The number of hydrogen-bond acceptors (Lipinski definition) is 2. The van der Waals surface area contributed by atoms with Gasteiger partial charge in [0.2, 0.25) is 0 Å². The molecule has 0 aromatic rings. The highest BCUT2D eigenvalue weighted by Gasteiger charge is 2.25. The highest BCUT2D eigenvalue weighted by molar-refractivity contribution is 5.83. The molecule has 0 bridgehead atoms. The lowest BCUT2D eigenvalue weighted by Gasteiger charge is -2.36. The van der Waals surface area contributed by atoms with E-state index in [1.54, 1.807) is 0 Å². The first-order valence-electron chi connectivity index (χ1n) is 4.56. The summed E-state index contributed by atoms with van der Waals surface area (Å²) >= 11 is 0. The van der Waals surface area contributed by atoms with E-state index in [0.717, 1.165) is 0 Å². The second-order valence-electron chi connectivity index (χ2n) is 4.28. The number of ketones is 1. The Kier molecular flexibility index (Phi) is 3.91. The van der Waals surface area contributed by atoms with Crippen LogP contribution >= 0.6 is 0 Å². The number of carbonyl (C=O) groups excluding carboxylic acids is 1. The first-order chi connectivity index (χ1) is 5.30. The average Bonchev–Trinajstić information content (AvgIpc) is 1.98. The normalized spacial score (nSPS) is 14.9. The fourth-order valence-corrected chi connectivity index (χ4v) is 1.09. The van der Waals surface area contributed by atoms with Crippen LogP contribution < -0.4 is 0 Å². The van der Waals surface area contributed by atoms with E-state index in [4.69, 9.17) is 0 Å². The monoisotopic (exact) mass is 171 g/mol. The van der Waals surface area contributed by atoms with E-state index in [9.17, 15) is 4.79 Å². The molecule has 0 rings (SSSR count). The molecule has 0 aromatic heterocycles. The van der Waals surface area contributed by atoms with Crippen LogP contribution in [0.3, 0.4) is 0 Å². The number of carbonyl (C=O) groups is 1. The van der Waals surface area contributed by atoms with Crippen molar-refractivity contribution in [1.82, 2.24) is 4.90 Å². The zero-order valence-electron chi connectivity index (χ0n) is 9.14. The number of Topliss-reactive ketones (excluding diaryl/α,β-unsaturated/α-hetero) is 1. The summed E-state index contributed by atoms with van der Waals surface area (Å²) in [6.07, 6.45) is 0.627. The van der Waals surface area contributed by atoms with E-state index < -0.39 is 0 Å². The van der Waals surface area contributed by atoms with E-state index in [2.05, 4.69) is 25.7 Å². The molecule has 0 aliphatic rings. The molecule has 0 aliphatic carbocycles. The number of rotatable bonds is 3. The lowest BCUT2D eigenvalue weighted by molar-refractivity contribution is -0.124. The van der Waals surface area contributed by atoms with Gasteiger partial charge in [-0.15, -0.1) is 0 Å². The van der Waals surface area contributed by atoms with E-state index in [-0.39, 0.29) is 11.6 Å². The van der Waals surface area contributed by atoms with Crippen molar-refractivity contribution in [2.75, 3.05) is 7.05 Å². The van der Waals surface area contributed by atoms with Crippen molar-refractivity contribution >= 4 is 5.78 Å². The molecule has 12 heavy (non-hydrogen) atoms. The Morgan fingerprint density at radius 3 is 2.08 bits per heavy atom. The summed E-state index contributed by atoms with van der Waals surface area (Å²) in [7, 11) is 2.00. The molecular formula is C10H21NO. The van der Waals surface area contributed by atoms with Gasteiger partial charge in [-0.3, -0.25) is 9.69 Å². The van der Waals surface area contributed by atoms with Gasteiger partial charge in [-0.05, 0) is 34.7 Å². The van der Waals surface area contributed by atoms with Gasteiger partial charge in [0, 0.05) is 12.0 Å². The predicted molar refractivity (Wildman–Crippen MR) is 52.3 cm³/mol. The molecule has 0 saturated carbocycles. The molecule has 1 atom stereocenters. The van der Waals surface area contributed by atoms with Gasteiger partial charge in [-0.25, -0.2) is 0 Å². The predicted octanol–water partition coefficient (Wildman–Crippen LogP) is 2.08. The summed E-state index contributed by atoms with van der Waals surface area (Å²) in [5.74, 6) is 0.312. The fourth-order valence-electron chi connectivity index (χ4n) is 1.09. The molecule has 0 radical (unpaired) electrons. The van der Waals surface area contributed by atoms with Gasteiger partial charge < -0.3 is 0 Å². The molecule has 0 unspecified atom stereocenters. The molecular weight excluding hydrogens is 150 g/mol. The van der Waals surface area contributed by atoms with Crippen LogP contribution in [0, 0.1) is 0 Å². The minimum Gasteiger partial charge on any atom is -0.298 e. The summed E-state index contributed by atoms with van der Waals surface area (Å²) in [4.78, 5) is 13.5. The lowest BCUT2D eigenvalue weighted by atomic mass is 10.0. The van der Waals surface area contributed by atoms with Gasteiger partial charge >= 0.3 is 0 Å². The van der Waals surface area contributed by atoms with Crippen molar-refractivity contribution in [3.05, 3.63) is 0 Å². The molecule has 2 nitrogen and oxygen atoms in total. The molecule has 2 heteroatoms. The molecule has 0 heterocycles. The number of hydrogen-bond donors (Lipinski definition) is 0. The summed E-state index contributed by atoms with van der Waals surface area (Å²) in [5.41, 5.74) is 0.0737. The van der Waals surface area contributed by atoms with Crippen molar-refractivity contribution < 1.29 is 4.79 Å². The third kappa shape index (κ3) is 2.94. The molecule has 0 aromatic carbocycles. The minimum absolute atomic E-state index is 0.0370. The topological polar surface area (TPSA) is 20.3 Å². The first-order valence-corrected chi connectivity index (χ1v) is 4.56. The Bertz CT molecular complexity index is 158. The Morgan fingerprint density at radius 2 is 1.83 bits per heavy atom. The quantitative estimate of drug-likeness (QED) is 0.648. The molecule has 0 fully saturated rings. The van der Waals surface area contributed by atoms with Crippen molar-refractivity contribution in [2.24, 2.45) is 0 Å². The zero-order chi connectivity index (χ0) is 9.94. The Hall–Kier alpha value is -0.370. The van der Waals surface area contributed by atoms with Crippen LogP contribution in [0.4, 0.5) is 0 Å². The van der Waals surface area contributed by atoms with Gasteiger partial charge in [0.15, 0.2) is 0 Å². The number of likely N-dealkylation sites (N-methyl/N-ethyl adjacent to an activating group) is 1. The highest BCUT2D eigenvalue weighted by atomic mass is 16.1. The van der Waals surface area contributed by atoms with Crippen LogP contribution in [-0.4, -0.2) is 29.3 Å². The standard InChI is InChI=1S/C10H21NO/c1-7-9(12)8(2)11(6)10(3,4)5/h8H,7H2,1-6H3/t8-/m1/s1. The van der Waals surface area contributed by atoms with E-state index in [1.807, 2.05) is 20.9 Å². The van der Waals surface area contributed by atoms with Gasteiger partial charge in [-0.1, -0.05) is 6.92 Å². The highest BCUT2D eigenvalue weighted by Crippen LogP contribution is 2.15. The second kappa shape index (κ2) is 4.04. The minimum atomic E-state index is 0.0370. The Morgan fingerprint density at radius 1 is 1.42 bits per heavy atom. The van der Waals surface area contributed by atoms with E-state index >= 15 is 0 Å². The van der Waals surface area contributed by atoms with Gasteiger partial charge in [0.1, 0.15) is 5.78 Å². The summed E-state index contributed by atoms with van der Waals surface area (Å²) in [6.45, 7) is 10.2. The Balaban J connectivity index is 4.29. The average molecular weight is 171 g/mol. The van der Waals surface area contributed by atoms with E-state index in [0.29, 0.717) is 12.2 Å². The zero-order valence-corrected chi connectivity index (χ0v) is 9.14. The van der Waals surface area contributed by atoms with Crippen molar-refractivity contribution in [2.45, 2.75) is 52.6 Å².